The van der Waals surface area contributed by atoms with Gasteiger partial charge in [-0.2, -0.15) is 0 Å². The molecule has 0 radical (unpaired) electrons. The molecule has 0 spiro atoms. The highest BCUT2D eigenvalue weighted by atomic mass is 32.1. The van der Waals surface area contributed by atoms with Crippen molar-refractivity contribution in [2.45, 2.75) is 25.8 Å². The minimum Gasteiger partial charge on any atom is -0.548 e. The molecular weight excluding hydrogens is 240 g/mol. The molecular formula is C11H9N2O3S-. The number of fused-ring (bicyclic) bond motifs is 3. The van der Waals surface area contributed by atoms with Crippen molar-refractivity contribution in [2.75, 3.05) is 0 Å². The molecule has 5 nitrogen and oxygen atoms in total. The number of nitrogens with zero attached hydrogens (tertiary/aromatic N) is 2. The van der Waals surface area contributed by atoms with Crippen LogP contribution in [0, 0.1) is 0 Å². The van der Waals surface area contributed by atoms with Gasteiger partial charge in [0.1, 0.15) is 4.83 Å². The smallest absolute Gasteiger partial charge is 0.262 e. The normalized spacial score (nSPS) is 14.1. The molecule has 2 heterocycles. The van der Waals surface area contributed by atoms with E-state index in [1.165, 1.54) is 11.2 Å². The lowest BCUT2D eigenvalue weighted by atomic mass is 10.2. The maximum atomic E-state index is 12.1. The standard InChI is InChI=1S/C11H10N2O3S/c14-8(15)4-13-5-12-10-9(11(13)16)6-2-1-3-7(6)17-10/h5H,1-4H2,(H,14,15)/p-1. The van der Waals surface area contributed by atoms with Crippen molar-refractivity contribution in [2.24, 2.45) is 0 Å². The van der Waals surface area contributed by atoms with E-state index in [0.29, 0.717) is 10.2 Å². The second kappa shape index (κ2) is 3.66. The lowest BCUT2D eigenvalue weighted by Gasteiger charge is -2.05. The summed E-state index contributed by atoms with van der Waals surface area (Å²) in [7, 11) is 0. The topological polar surface area (TPSA) is 75.0 Å². The van der Waals surface area contributed by atoms with Crippen molar-refractivity contribution >= 4 is 27.5 Å². The number of aryl methyl sites for hydroxylation is 2. The predicted octanol–water partition coefficient (Wildman–Crippen LogP) is -0.303. The van der Waals surface area contributed by atoms with E-state index >= 15 is 0 Å². The fourth-order valence-electron chi connectivity index (χ4n) is 2.27. The van der Waals surface area contributed by atoms with Crippen LogP contribution in [0.15, 0.2) is 11.1 Å². The summed E-state index contributed by atoms with van der Waals surface area (Å²) in [6.07, 6.45) is 4.23. The molecule has 0 bridgehead atoms. The van der Waals surface area contributed by atoms with E-state index < -0.39 is 12.5 Å². The number of carbonyl (C=O) groups is 1. The molecule has 6 heteroatoms. The van der Waals surface area contributed by atoms with E-state index in [1.807, 2.05) is 0 Å². The molecule has 0 aliphatic heterocycles. The van der Waals surface area contributed by atoms with E-state index in [9.17, 15) is 14.7 Å². The Morgan fingerprint density at radius 2 is 2.35 bits per heavy atom. The summed E-state index contributed by atoms with van der Waals surface area (Å²) in [6, 6.07) is 0. The molecule has 2 aromatic rings. The van der Waals surface area contributed by atoms with Crippen LogP contribution in [0.4, 0.5) is 0 Å². The largest absolute Gasteiger partial charge is 0.548 e. The van der Waals surface area contributed by atoms with Crippen LogP contribution < -0.4 is 10.7 Å². The number of hydrogen-bond acceptors (Lipinski definition) is 5. The number of aromatic nitrogens is 2. The highest BCUT2D eigenvalue weighted by Crippen LogP contribution is 2.34. The number of carbonyl (C=O) groups excluding carboxylic acids is 1. The first-order valence-electron chi connectivity index (χ1n) is 5.36. The van der Waals surface area contributed by atoms with E-state index in [0.717, 1.165) is 29.4 Å². The van der Waals surface area contributed by atoms with Crippen molar-refractivity contribution < 1.29 is 9.90 Å². The molecule has 3 rings (SSSR count). The Labute approximate surface area is 100 Å². The molecule has 0 atom stereocenters. The van der Waals surface area contributed by atoms with Gasteiger partial charge in [-0.15, -0.1) is 11.3 Å². The average Bonchev–Trinajstić information content (AvgIpc) is 2.80. The minimum absolute atomic E-state index is 0.265. The molecule has 88 valence electrons. The van der Waals surface area contributed by atoms with Gasteiger partial charge in [-0.3, -0.25) is 9.36 Å². The Morgan fingerprint density at radius 3 is 3.12 bits per heavy atom. The van der Waals surface area contributed by atoms with Gasteiger partial charge in [-0.25, -0.2) is 4.98 Å². The zero-order chi connectivity index (χ0) is 12.0. The molecule has 0 fully saturated rings. The van der Waals surface area contributed by atoms with E-state index in [2.05, 4.69) is 4.98 Å². The van der Waals surface area contributed by atoms with Crippen molar-refractivity contribution in [1.29, 1.82) is 0 Å². The third-order valence-electron chi connectivity index (χ3n) is 2.99. The van der Waals surface area contributed by atoms with E-state index in [4.69, 9.17) is 0 Å². The third-order valence-corrected chi connectivity index (χ3v) is 4.19. The number of carboxylic acids is 1. The van der Waals surface area contributed by atoms with Crippen LogP contribution in [0.2, 0.25) is 0 Å². The molecule has 0 amide bonds. The van der Waals surface area contributed by atoms with Crippen LogP contribution in [-0.2, 0) is 24.2 Å². The summed E-state index contributed by atoms with van der Waals surface area (Å²) in [4.78, 5) is 28.7. The fraction of sp³-hybridized carbons (Fsp3) is 0.364. The average molecular weight is 249 g/mol. The van der Waals surface area contributed by atoms with Gasteiger partial charge in [-0.05, 0) is 24.8 Å². The third kappa shape index (κ3) is 1.56. The summed E-state index contributed by atoms with van der Waals surface area (Å²) in [6.45, 7) is -0.438. The van der Waals surface area contributed by atoms with Gasteiger partial charge in [0.05, 0.1) is 24.2 Å². The SMILES string of the molecule is O=C([O-])Cn1cnc2sc3c(c2c1=O)CCC3. The lowest BCUT2D eigenvalue weighted by Crippen LogP contribution is -2.32. The second-order valence-electron chi connectivity index (χ2n) is 4.09. The monoisotopic (exact) mass is 249 g/mol. The van der Waals surface area contributed by atoms with Crippen LogP contribution in [0.1, 0.15) is 16.9 Å². The van der Waals surface area contributed by atoms with E-state index in [1.54, 1.807) is 11.3 Å². The van der Waals surface area contributed by atoms with Crippen LogP contribution in [0.25, 0.3) is 10.2 Å². The quantitative estimate of drug-likeness (QED) is 0.732. The molecule has 1 aliphatic rings. The Balaban J connectivity index is 2.26. The first-order valence-corrected chi connectivity index (χ1v) is 6.18. The molecule has 0 aromatic carbocycles. The number of aliphatic carboxylic acids is 1. The predicted molar refractivity (Wildman–Crippen MR) is 60.9 cm³/mol. The summed E-state index contributed by atoms with van der Waals surface area (Å²) in [5.74, 6) is -1.28. The van der Waals surface area contributed by atoms with Gasteiger partial charge >= 0.3 is 0 Å². The van der Waals surface area contributed by atoms with Gasteiger partial charge in [0, 0.05) is 4.88 Å². The first kappa shape index (κ1) is 10.5. The van der Waals surface area contributed by atoms with Gasteiger partial charge in [0.15, 0.2) is 0 Å². The van der Waals surface area contributed by atoms with Crippen molar-refractivity contribution in [3.05, 3.63) is 27.1 Å². The van der Waals surface area contributed by atoms with Gasteiger partial charge in [0.2, 0.25) is 0 Å². The molecule has 0 unspecified atom stereocenters. The van der Waals surface area contributed by atoms with Crippen LogP contribution >= 0.6 is 11.3 Å². The summed E-state index contributed by atoms with van der Waals surface area (Å²) in [5, 5.41) is 11.1. The summed E-state index contributed by atoms with van der Waals surface area (Å²) >= 11 is 1.54. The number of hydrogen-bond donors (Lipinski definition) is 0. The fourth-order valence-corrected chi connectivity index (χ4v) is 3.49. The van der Waals surface area contributed by atoms with Crippen molar-refractivity contribution in [3.63, 3.8) is 0 Å². The molecule has 0 saturated heterocycles. The maximum absolute atomic E-state index is 12.1. The van der Waals surface area contributed by atoms with Gasteiger partial charge in [0.25, 0.3) is 5.56 Å². The van der Waals surface area contributed by atoms with Crippen molar-refractivity contribution in [3.8, 4) is 0 Å². The summed E-state index contributed by atoms with van der Waals surface area (Å²) < 4.78 is 1.10. The number of thiophene rings is 1. The Hall–Kier alpha value is -1.69. The molecule has 0 saturated carbocycles. The van der Waals surface area contributed by atoms with Gasteiger partial charge in [-0.1, -0.05) is 0 Å². The molecule has 2 aromatic heterocycles. The van der Waals surface area contributed by atoms with Crippen LogP contribution in [0.3, 0.4) is 0 Å². The van der Waals surface area contributed by atoms with E-state index in [-0.39, 0.29) is 5.56 Å². The minimum atomic E-state index is -1.28. The highest BCUT2D eigenvalue weighted by molar-refractivity contribution is 7.18. The molecule has 1 aliphatic carbocycles. The maximum Gasteiger partial charge on any atom is 0.262 e. The highest BCUT2D eigenvalue weighted by Gasteiger charge is 2.21. The lowest BCUT2D eigenvalue weighted by molar-refractivity contribution is -0.306. The van der Waals surface area contributed by atoms with Crippen molar-refractivity contribution in [1.82, 2.24) is 9.55 Å². The molecule has 17 heavy (non-hydrogen) atoms. The van der Waals surface area contributed by atoms with Crippen LogP contribution in [-0.4, -0.2) is 15.5 Å². The second-order valence-corrected chi connectivity index (χ2v) is 5.17. The number of carboxylic acid groups (broad SMARTS) is 1. The zero-order valence-electron chi connectivity index (χ0n) is 8.93. The molecule has 0 N–H and O–H groups in total. The Morgan fingerprint density at radius 1 is 1.53 bits per heavy atom. The Bertz CT molecular complexity index is 671. The summed E-state index contributed by atoms with van der Waals surface area (Å²) in [5.41, 5.74) is 0.800. The number of rotatable bonds is 2. The zero-order valence-corrected chi connectivity index (χ0v) is 9.75. The van der Waals surface area contributed by atoms with Crippen LogP contribution in [0.5, 0.6) is 0 Å². The Kier molecular flexibility index (Phi) is 2.25. The van der Waals surface area contributed by atoms with Gasteiger partial charge < -0.3 is 9.90 Å². The first-order chi connectivity index (χ1) is 8.16.